The minimum absolute atomic E-state index is 0.0310. The molecule has 2 unspecified atom stereocenters. The Morgan fingerprint density at radius 3 is 2.29 bits per heavy atom. The summed E-state index contributed by atoms with van der Waals surface area (Å²) in [4.78, 5) is 83.0. The van der Waals surface area contributed by atoms with E-state index in [1.54, 1.807) is 45.0 Å². The van der Waals surface area contributed by atoms with Crippen LogP contribution < -0.4 is 15.4 Å². The highest BCUT2D eigenvalue weighted by Crippen LogP contribution is 2.24. The van der Waals surface area contributed by atoms with Gasteiger partial charge >= 0.3 is 12.1 Å². The van der Waals surface area contributed by atoms with E-state index in [2.05, 4.69) is 15.7 Å². The van der Waals surface area contributed by atoms with Crippen LogP contribution in [-0.2, 0) is 28.7 Å². The van der Waals surface area contributed by atoms with E-state index in [0.717, 1.165) is 19.3 Å². The van der Waals surface area contributed by atoms with E-state index in [9.17, 15) is 28.8 Å². The summed E-state index contributed by atoms with van der Waals surface area (Å²) in [5.74, 6) is -2.02. The first-order valence-electron chi connectivity index (χ1n) is 18.1. The molecule has 52 heavy (non-hydrogen) atoms. The van der Waals surface area contributed by atoms with Crippen LogP contribution in [0.2, 0.25) is 0 Å². The van der Waals surface area contributed by atoms with Crippen LogP contribution in [0.1, 0.15) is 76.2 Å². The fourth-order valence-electron chi connectivity index (χ4n) is 6.36. The Bertz CT molecular complexity index is 1590. The second kappa shape index (κ2) is 17.9. The lowest BCUT2D eigenvalue weighted by Gasteiger charge is -2.35. The quantitative estimate of drug-likeness (QED) is 0.274. The first-order valence-corrected chi connectivity index (χ1v) is 18.1. The zero-order chi connectivity index (χ0) is 37.2. The number of piperazine rings is 1. The van der Waals surface area contributed by atoms with Crippen molar-refractivity contribution in [2.24, 2.45) is 0 Å². The minimum Gasteiger partial charge on any atom is -0.467 e. The predicted molar refractivity (Wildman–Crippen MR) is 186 cm³/mol. The van der Waals surface area contributed by atoms with Crippen LogP contribution in [0.4, 0.5) is 4.79 Å². The number of para-hydroxylation sites is 1. The fraction of sp³-hybridized carbons (Fsp3) is 0.583. The summed E-state index contributed by atoms with van der Waals surface area (Å²) >= 11 is 0. The number of aromatic nitrogens is 2. The van der Waals surface area contributed by atoms with E-state index in [4.69, 9.17) is 14.2 Å². The van der Waals surface area contributed by atoms with Crippen molar-refractivity contribution in [1.29, 1.82) is 0 Å². The standard InChI is InChI=1S/C36H49N7O9/c1-4-50-36(49)41-20-18-40(19-21-41)35(48)27(15-16-32(45)52-24(2)3)38-33(46)28-22-31(43(39-28)26-12-6-5-7-13-26)51-23-30(44)42-17-9-14-29(42)34(47)37-25-10-8-11-25/h5-7,12-13,22,24-25,27,29H,4,8-11,14-21,23H2,1-3H3,(H,37,47)(H,38,46). The summed E-state index contributed by atoms with van der Waals surface area (Å²) in [6.07, 6.45) is 3.30. The molecule has 1 aromatic carbocycles. The lowest BCUT2D eigenvalue weighted by atomic mass is 9.93. The number of rotatable bonds is 14. The van der Waals surface area contributed by atoms with Gasteiger partial charge in [0.05, 0.1) is 18.4 Å². The molecule has 5 rings (SSSR count). The van der Waals surface area contributed by atoms with E-state index >= 15 is 0 Å². The molecule has 282 valence electrons. The van der Waals surface area contributed by atoms with Gasteiger partial charge in [0.1, 0.15) is 12.1 Å². The first kappa shape index (κ1) is 38.1. The van der Waals surface area contributed by atoms with Crippen LogP contribution in [0, 0.1) is 0 Å². The van der Waals surface area contributed by atoms with Gasteiger partial charge in [-0.1, -0.05) is 18.2 Å². The van der Waals surface area contributed by atoms with Gasteiger partial charge < -0.3 is 39.5 Å². The highest BCUT2D eigenvalue weighted by Gasteiger charge is 2.36. The molecule has 3 fully saturated rings. The smallest absolute Gasteiger partial charge is 0.409 e. The number of esters is 1. The number of carbonyl (C=O) groups excluding carboxylic acids is 6. The van der Waals surface area contributed by atoms with Crippen LogP contribution in [0.15, 0.2) is 36.4 Å². The van der Waals surface area contributed by atoms with Gasteiger partial charge in [-0.15, -0.1) is 0 Å². The Balaban J connectivity index is 1.29. The van der Waals surface area contributed by atoms with E-state index in [-0.39, 0.29) is 87.8 Å². The van der Waals surface area contributed by atoms with Crippen molar-refractivity contribution < 1.29 is 43.0 Å². The molecule has 2 aliphatic heterocycles. The van der Waals surface area contributed by atoms with Gasteiger partial charge in [0.25, 0.3) is 11.8 Å². The molecule has 1 aliphatic carbocycles. The number of benzene rings is 1. The highest BCUT2D eigenvalue weighted by molar-refractivity contribution is 5.96. The molecular formula is C36H49N7O9. The third kappa shape index (κ3) is 9.79. The van der Waals surface area contributed by atoms with Crippen LogP contribution in [0.5, 0.6) is 5.88 Å². The number of likely N-dealkylation sites (tertiary alicyclic amines) is 1. The van der Waals surface area contributed by atoms with Crippen LogP contribution in [0.3, 0.4) is 0 Å². The molecule has 2 aromatic rings. The first-order chi connectivity index (χ1) is 25.0. The number of ether oxygens (including phenoxy) is 3. The average molecular weight is 724 g/mol. The molecule has 0 bridgehead atoms. The molecule has 2 N–H and O–H groups in total. The third-order valence-corrected chi connectivity index (χ3v) is 9.31. The molecule has 3 aliphatic rings. The zero-order valence-electron chi connectivity index (χ0n) is 30.1. The molecule has 1 saturated carbocycles. The zero-order valence-corrected chi connectivity index (χ0v) is 30.1. The lowest BCUT2D eigenvalue weighted by Crippen LogP contribution is -2.56. The summed E-state index contributed by atoms with van der Waals surface area (Å²) < 4.78 is 17.7. The van der Waals surface area contributed by atoms with E-state index < -0.39 is 36.0 Å². The molecule has 2 atom stereocenters. The third-order valence-electron chi connectivity index (χ3n) is 9.31. The monoisotopic (exact) mass is 723 g/mol. The molecule has 16 heteroatoms. The van der Waals surface area contributed by atoms with Crippen molar-refractivity contribution in [2.75, 3.05) is 45.9 Å². The number of carbonyl (C=O) groups is 6. The minimum atomic E-state index is -1.10. The number of hydrogen-bond donors (Lipinski definition) is 2. The van der Waals surface area contributed by atoms with Crippen molar-refractivity contribution in [1.82, 2.24) is 35.1 Å². The van der Waals surface area contributed by atoms with E-state index in [1.807, 2.05) is 6.07 Å². The number of nitrogens with one attached hydrogen (secondary N) is 2. The summed E-state index contributed by atoms with van der Waals surface area (Å²) in [7, 11) is 0. The van der Waals surface area contributed by atoms with Crippen molar-refractivity contribution in [3.8, 4) is 11.6 Å². The molecule has 0 spiro atoms. The molecular weight excluding hydrogens is 674 g/mol. The predicted octanol–water partition coefficient (Wildman–Crippen LogP) is 2.04. The van der Waals surface area contributed by atoms with Gasteiger partial charge in [-0.2, -0.15) is 5.10 Å². The molecule has 2 saturated heterocycles. The Labute approximate surface area is 303 Å². The van der Waals surface area contributed by atoms with Crippen LogP contribution in [0.25, 0.3) is 5.69 Å². The summed E-state index contributed by atoms with van der Waals surface area (Å²) in [6, 6.07) is 8.79. The van der Waals surface area contributed by atoms with Crippen molar-refractivity contribution in [2.45, 2.75) is 89.9 Å². The topological polar surface area (TPSA) is 182 Å². The van der Waals surface area contributed by atoms with Gasteiger partial charge in [0.2, 0.25) is 17.7 Å². The van der Waals surface area contributed by atoms with Crippen molar-refractivity contribution in [3.05, 3.63) is 42.1 Å². The molecule has 5 amide bonds. The summed E-state index contributed by atoms with van der Waals surface area (Å²) in [5, 5.41) is 10.3. The largest absolute Gasteiger partial charge is 0.467 e. The molecule has 1 aromatic heterocycles. The molecule has 3 heterocycles. The average Bonchev–Trinajstić information content (AvgIpc) is 3.79. The van der Waals surface area contributed by atoms with E-state index in [0.29, 0.717) is 25.1 Å². The number of hydrogen-bond acceptors (Lipinski definition) is 10. The number of amides is 5. The number of nitrogens with zero attached hydrogens (tertiary/aromatic N) is 5. The summed E-state index contributed by atoms with van der Waals surface area (Å²) in [6.45, 7) is 6.39. The maximum atomic E-state index is 13.8. The van der Waals surface area contributed by atoms with Crippen LogP contribution >= 0.6 is 0 Å². The molecule has 0 radical (unpaired) electrons. The van der Waals surface area contributed by atoms with E-state index in [1.165, 1.54) is 25.4 Å². The fourth-order valence-corrected chi connectivity index (χ4v) is 6.36. The van der Waals surface area contributed by atoms with Gasteiger partial charge in [-0.05, 0) is 71.4 Å². The lowest BCUT2D eigenvalue weighted by molar-refractivity contribution is -0.147. The molecule has 16 nitrogen and oxygen atoms in total. The second-order valence-electron chi connectivity index (χ2n) is 13.4. The van der Waals surface area contributed by atoms with Crippen molar-refractivity contribution in [3.63, 3.8) is 0 Å². The Hall–Kier alpha value is -5.15. The Morgan fingerprint density at radius 1 is 0.923 bits per heavy atom. The van der Waals surface area contributed by atoms with Gasteiger partial charge in [-0.25, -0.2) is 9.48 Å². The van der Waals surface area contributed by atoms with Gasteiger partial charge in [0, 0.05) is 51.3 Å². The van der Waals surface area contributed by atoms with Gasteiger partial charge in [-0.3, -0.25) is 24.0 Å². The maximum Gasteiger partial charge on any atom is 0.409 e. The van der Waals surface area contributed by atoms with Gasteiger partial charge in [0.15, 0.2) is 12.3 Å². The van der Waals surface area contributed by atoms with Crippen LogP contribution in [-0.4, -0.2) is 130 Å². The Kier molecular flexibility index (Phi) is 13.1. The Morgan fingerprint density at radius 2 is 1.63 bits per heavy atom. The highest BCUT2D eigenvalue weighted by atomic mass is 16.6. The second-order valence-corrected chi connectivity index (χ2v) is 13.4. The SMILES string of the molecule is CCOC(=O)N1CCN(C(=O)C(CCC(=O)OC(C)C)NC(=O)c2cc(OCC(=O)N3CCCC3C(=O)NC3CCC3)n(-c3ccccc3)n2)CC1. The summed E-state index contributed by atoms with van der Waals surface area (Å²) in [5.41, 5.74) is 0.478. The van der Waals surface area contributed by atoms with Crippen molar-refractivity contribution >= 4 is 35.7 Å². The normalized spacial score (nSPS) is 18.0. The maximum absolute atomic E-state index is 13.8.